The Bertz CT molecular complexity index is 1380. The summed E-state index contributed by atoms with van der Waals surface area (Å²) in [6, 6.07) is 17.6. The number of hydrogen-bond acceptors (Lipinski definition) is 3. The van der Waals surface area contributed by atoms with Gasteiger partial charge in [-0.05, 0) is 47.9 Å². The van der Waals surface area contributed by atoms with Crippen molar-refractivity contribution in [1.29, 1.82) is 0 Å². The SMILES string of the molecule is O=C(NO[C@H](Cc1cc2ccccc2[nH]1)C(=O)Nc1ccccc1)c1cc(C(F)(F)F)cc(C(F)(F)F)c1. The van der Waals surface area contributed by atoms with Gasteiger partial charge in [0.15, 0.2) is 6.10 Å². The van der Waals surface area contributed by atoms with E-state index in [2.05, 4.69) is 10.3 Å². The van der Waals surface area contributed by atoms with E-state index in [1.807, 2.05) is 11.5 Å². The molecule has 1 heterocycles. The number of aromatic amines is 1. The number of hydroxylamine groups is 1. The molecule has 0 fully saturated rings. The van der Waals surface area contributed by atoms with Crippen molar-refractivity contribution >= 4 is 28.4 Å². The maximum absolute atomic E-state index is 13.2. The van der Waals surface area contributed by atoms with Crippen LogP contribution < -0.4 is 10.8 Å². The van der Waals surface area contributed by atoms with Crippen LogP contribution in [0.5, 0.6) is 0 Å². The van der Waals surface area contributed by atoms with Crippen molar-refractivity contribution in [2.45, 2.75) is 24.9 Å². The number of aromatic nitrogens is 1. The monoisotopic (exact) mass is 535 g/mol. The van der Waals surface area contributed by atoms with E-state index >= 15 is 0 Å². The molecule has 3 aromatic carbocycles. The lowest BCUT2D eigenvalue weighted by Gasteiger charge is -2.18. The zero-order valence-corrected chi connectivity index (χ0v) is 19.3. The fourth-order valence-corrected chi connectivity index (χ4v) is 3.64. The Morgan fingerprint density at radius 3 is 2.03 bits per heavy atom. The summed E-state index contributed by atoms with van der Waals surface area (Å²) in [4.78, 5) is 33.9. The number of H-pyrrole nitrogens is 1. The number of carbonyl (C=O) groups excluding carboxylic acids is 2. The van der Waals surface area contributed by atoms with Crippen molar-refractivity contribution in [3.63, 3.8) is 0 Å². The summed E-state index contributed by atoms with van der Waals surface area (Å²) in [6.07, 6.45) is -11.8. The normalized spacial score (nSPS) is 12.8. The first-order valence-electron chi connectivity index (χ1n) is 11.1. The van der Waals surface area contributed by atoms with Crippen LogP contribution in [-0.4, -0.2) is 22.9 Å². The number of carbonyl (C=O) groups is 2. The van der Waals surface area contributed by atoms with Crippen molar-refractivity contribution in [2.75, 3.05) is 5.32 Å². The fraction of sp³-hybridized carbons (Fsp3) is 0.154. The Labute approximate surface area is 211 Å². The van der Waals surface area contributed by atoms with Crippen LogP contribution in [0, 0.1) is 0 Å². The van der Waals surface area contributed by atoms with Crippen LogP contribution in [0.1, 0.15) is 27.2 Å². The average Bonchev–Trinajstić information content (AvgIpc) is 3.28. The van der Waals surface area contributed by atoms with E-state index < -0.39 is 47.0 Å². The van der Waals surface area contributed by atoms with Gasteiger partial charge in [-0.15, -0.1) is 0 Å². The van der Waals surface area contributed by atoms with E-state index in [0.717, 1.165) is 10.9 Å². The smallest absolute Gasteiger partial charge is 0.358 e. The molecule has 3 N–H and O–H groups in total. The highest BCUT2D eigenvalue weighted by molar-refractivity contribution is 5.96. The number of alkyl halides is 6. The van der Waals surface area contributed by atoms with Gasteiger partial charge >= 0.3 is 12.4 Å². The van der Waals surface area contributed by atoms with Gasteiger partial charge in [0.05, 0.1) is 11.1 Å². The molecule has 4 aromatic rings. The topological polar surface area (TPSA) is 83.2 Å². The minimum Gasteiger partial charge on any atom is -0.358 e. The first-order chi connectivity index (χ1) is 17.9. The van der Waals surface area contributed by atoms with Crippen LogP contribution in [-0.2, 0) is 28.4 Å². The number of hydrogen-bond donors (Lipinski definition) is 3. The molecule has 12 heteroatoms. The lowest BCUT2D eigenvalue weighted by Crippen LogP contribution is -2.39. The number of halogens is 6. The van der Waals surface area contributed by atoms with Crippen LogP contribution >= 0.6 is 0 Å². The standard InChI is InChI=1S/C26H19F6N3O3/c27-25(28,29)17-10-16(11-18(13-17)26(30,31)32)23(36)35-38-22(24(37)34-19-7-2-1-3-8-19)14-20-12-15-6-4-5-9-21(15)33-20/h1-13,22,33H,14H2,(H,34,37)(H,35,36)/t22-/m1/s1. The Morgan fingerprint density at radius 1 is 0.816 bits per heavy atom. The maximum atomic E-state index is 13.2. The van der Waals surface area contributed by atoms with E-state index in [4.69, 9.17) is 4.84 Å². The second kappa shape index (κ2) is 10.6. The highest BCUT2D eigenvalue weighted by Crippen LogP contribution is 2.36. The average molecular weight is 535 g/mol. The molecule has 0 saturated carbocycles. The van der Waals surface area contributed by atoms with Gasteiger partial charge in [0, 0.05) is 28.9 Å². The largest absolute Gasteiger partial charge is 0.416 e. The van der Waals surface area contributed by atoms with Gasteiger partial charge in [-0.1, -0.05) is 36.4 Å². The molecular weight excluding hydrogens is 516 g/mol. The summed E-state index contributed by atoms with van der Waals surface area (Å²) in [5, 5.41) is 3.42. The third-order valence-corrected chi connectivity index (χ3v) is 5.47. The van der Waals surface area contributed by atoms with E-state index in [0.29, 0.717) is 11.4 Å². The predicted octanol–water partition coefficient (Wildman–Crippen LogP) is 6.12. The third-order valence-electron chi connectivity index (χ3n) is 5.47. The lowest BCUT2D eigenvalue weighted by atomic mass is 10.0. The van der Waals surface area contributed by atoms with Crippen molar-refractivity contribution < 1.29 is 40.8 Å². The molecule has 0 unspecified atom stereocenters. The Kier molecular flexibility index (Phi) is 7.44. The van der Waals surface area contributed by atoms with E-state index in [9.17, 15) is 35.9 Å². The molecule has 6 nitrogen and oxygen atoms in total. The molecule has 1 aromatic heterocycles. The van der Waals surface area contributed by atoms with Gasteiger partial charge in [0.25, 0.3) is 11.8 Å². The first-order valence-corrected chi connectivity index (χ1v) is 11.1. The minimum atomic E-state index is -5.13. The van der Waals surface area contributed by atoms with E-state index in [1.54, 1.807) is 54.6 Å². The summed E-state index contributed by atoms with van der Waals surface area (Å²) in [7, 11) is 0. The highest BCUT2D eigenvalue weighted by atomic mass is 19.4. The number of benzene rings is 3. The summed E-state index contributed by atoms with van der Waals surface area (Å²) >= 11 is 0. The Hall–Kier alpha value is -4.32. The molecular formula is C26H19F6N3O3. The van der Waals surface area contributed by atoms with Gasteiger partial charge in [0.1, 0.15) is 0 Å². The van der Waals surface area contributed by atoms with Gasteiger partial charge < -0.3 is 10.3 Å². The minimum absolute atomic E-state index is 0.0936. The summed E-state index contributed by atoms with van der Waals surface area (Å²) < 4.78 is 79.0. The van der Waals surface area contributed by atoms with E-state index in [-0.39, 0.29) is 24.6 Å². The zero-order valence-electron chi connectivity index (χ0n) is 19.3. The molecule has 2 amide bonds. The second-order valence-electron chi connectivity index (χ2n) is 8.27. The molecule has 0 saturated heterocycles. The zero-order chi connectivity index (χ0) is 27.5. The maximum Gasteiger partial charge on any atom is 0.416 e. The molecule has 0 bridgehead atoms. The molecule has 38 heavy (non-hydrogen) atoms. The molecule has 198 valence electrons. The molecule has 0 radical (unpaired) electrons. The fourth-order valence-electron chi connectivity index (χ4n) is 3.64. The number of rotatable bonds is 7. The van der Waals surface area contributed by atoms with Gasteiger partial charge in [-0.3, -0.25) is 14.4 Å². The molecule has 0 aliphatic carbocycles. The number of fused-ring (bicyclic) bond motifs is 1. The summed E-state index contributed by atoms with van der Waals surface area (Å²) in [6.45, 7) is 0. The van der Waals surface area contributed by atoms with Crippen LogP contribution in [0.3, 0.4) is 0 Å². The van der Waals surface area contributed by atoms with Crippen molar-refractivity contribution in [3.05, 3.63) is 101 Å². The van der Waals surface area contributed by atoms with Crippen LogP contribution in [0.2, 0.25) is 0 Å². The van der Waals surface area contributed by atoms with Gasteiger partial charge in [0.2, 0.25) is 0 Å². The quantitative estimate of drug-likeness (QED) is 0.197. The first kappa shape index (κ1) is 26.7. The predicted molar refractivity (Wildman–Crippen MR) is 126 cm³/mol. The number of amides is 2. The second-order valence-corrected chi connectivity index (χ2v) is 8.27. The van der Waals surface area contributed by atoms with Gasteiger partial charge in [-0.25, -0.2) is 5.48 Å². The summed E-state index contributed by atoms with van der Waals surface area (Å²) in [5.41, 5.74) is -0.732. The lowest BCUT2D eigenvalue weighted by molar-refractivity contribution is -0.143. The molecule has 0 spiro atoms. The van der Waals surface area contributed by atoms with Crippen molar-refractivity contribution in [1.82, 2.24) is 10.5 Å². The Balaban J connectivity index is 1.57. The van der Waals surface area contributed by atoms with Crippen LogP contribution in [0.4, 0.5) is 32.0 Å². The molecule has 0 aliphatic heterocycles. The summed E-state index contributed by atoms with van der Waals surface area (Å²) in [5.74, 6) is -2.11. The number of nitrogens with one attached hydrogen (secondary N) is 3. The van der Waals surface area contributed by atoms with Crippen LogP contribution in [0.15, 0.2) is 78.9 Å². The van der Waals surface area contributed by atoms with Crippen LogP contribution in [0.25, 0.3) is 10.9 Å². The molecule has 0 aliphatic rings. The number of anilines is 1. The highest BCUT2D eigenvalue weighted by Gasteiger charge is 2.37. The van der Waals surface area contributed by atoms with Crippen molar-refractivity contribution in [3.8, 4) is 0 Å². The van der Waals surface area contributed by atoms with Crippen molar-refractivity contribution in [2.24, 2.45) is 0 Å². The van der Waals surface area contributed by atoms with E-state index in [1.165, 1.54) is 0 Å². The third kappa shape index (κ3) is 6.51. The molecule has 1 atom stereocenters. The number of para-hydroxylation sites is 2. The Morgan fingerprint density at radius 2 is 1.42 bits per heavy atom. The van der Waals surface area contributed by atoms with Gasteiger partial charge in [-0.2, -0.15) is 26.3 Å². The molecule has 4 rings (SSSR count).